The van der Waals surface area contributed by atoms with Gasteiger partial charge in [0.15, 0.2) is 0 Å². The summed E-state index contributed by atoms with van der Waals surface area (Å²) in [6.07, 6.45) is 0.715. The molecule has 0 aliphatic carbocycles. The molecule has 1 aromatic heterocycles. The lowest BCUT2D eigenvalue weighted by Crippen LogP contribution is -2.10. The van der Waals surface area contributed by atoms with E-state index in [1.54, 1.807) is 0 Å². The van der Waals surface area contributed by atoms with Gasteiger partial charge in [-0.3, -0.25) is 0 Å². The third-order valence-corrected chi connectivity index (χ3v) is 2.72. The second kappa shape index (κ2) is 5.29. The second-order valence-corrected chi connectivity index (χ2v) is 4.25. The summed E-state index contributed by atoms with van der Waals surface area (Å²) in [6.45, 7) is 2.80. The number of nitrogens with zero attached hydrogens (tertiary/aromatic N) is 2. The average Bonchev–Trinajstić information content (AvgIpc) is 2.75. The number of rotatable bonds is 4. The standard InChI is InChI=1S/C12H14ClN3O/c1-8-3-4-9(10(13)7-8)12-16-15-11(17-12)5-6-14-2/h3-4,7,14H,5-6H2,1-2H3. The minimum absolute atomic E-state index is 0.473. The summed E-state index contributed by atoms with van der Waals surface area (Å²) in [5.41, 5.74) is 1.88. The lowest BCUT2D eigenvalue weighted by atomic mass is 10.1. The molecule has 0 radical (unpaired) electrons. The largest absolute Gasteiger partial charge is 0.421 e. The number of halogens is 1. The van der Waals surface area contributed by atoms with Crippen LogP contribution in [-0.2, 0) is 6.42 Å². The number of nitrogens with one attached hydrogen (secondary N) is 1. The van der Waals surface area contributed by atoms with Gasteiger partial charge in [-0.25, -0.2) is 0 Å². The van der Waals surface area contributed by atoms with Crippen molar-refractivity contribution in [1.29, 1.82) is 0 Å². The highest BCUT2D eigenvalue weighted by atomic mass is 35.5. The van der Waals surface area contributed by atoms with Crippen molar-refractivity contribution in [2.75, 3.05) is 13.6 Å². The maximum Gasteiger partial charge on any atom is 0.249 e. The van der Waals surface area contributed by atoms with Gasteiger partial charge >= 0.3 is 0 Å². The first-order valence-corrected chi connectivity index (χ1v) is 5.82. The zero-order valence-corrected chi connectivity index (χ0v) is 10.6. The van der Waals surface area contributed by atoms with Crippen molar-refractivity contribution < 1.29 is 4.42 Å². The van der Waals surface area contributed by atoms with Gasteiger partial charge in [0.25, 0.3) is 0 Å². The quantitative estimate of drug-likeness (QED) is 0.907. The molecule has 0 fully saturated rings. The van der Waals surface area contributed by atoms with Crippen LogP contribution in [0.2, 0.25) is 5.02 Å². The van der Waals surface area contributed by atoms with Crippen molar-refractivity contribution in [2.45, 2.75) is 13.3 Å². The Labute approximate surface area is 105 Å². The molecule has 0 unspecified atom stereocenters. The lowest BCUT2D eigenvalue weighted by molar-refractivity contribution is 0.500. The van der Waals surface area contributed by atoms with Gasteiger partial charge in [0.1, 0.15) is 0 Å². The summed E-state index contributed by atoms with van der Waals surface area (Å²) in [7, 11) is 1.88. The minimum Gasteiger partial charge on any atom is -0.421 e. The van der Waals surface area contributed by atoms with Crippen molar-refractivity contribution in [3.8, 4) is 11.5 Å². The molecule has 0 spiro atoms. The highest BCUT2D eigenvalue weighted by Crippen LogP contribution is 2.27. The Morgan fingerprint density at radius 1 is 1.35 bits per heavy atom. The van der Waals surface area contributed by atoms with Gasteiger partial charge in [-0.1, -0.05) is 17.7 Å². The summed E-state index contributed by atoms with van der Waals surface area (Å²) < 4.78 is 5.55. The van der Waals surface area contributed by atoms with Crippen LogP contribution < -0.4 is 5.32 Å². The van der Waals surface area contributed by atoms with Crippen LogP contribution in [0.3, 0.4) is 0 Å². The Kier molecular flexibility index (Phi) is 3.76. The first-order chi connectivity index (χ1) is 8.20. The normalized spacial score (nSPS) is 10.8. The first kappa shape index (κ1) is 12.1. The Morgan fingerprint density at radius 2 is 2.18 bits per heavy atom. The molecule has 0 aliphatic rings. The molecule has 0 saturated heterocycles. The predicted molar refractivity (Wildman–Crippen MR) is 67.1 cm³/mol. The number of aryl methyl sites for hydroxylation is 1. The van der Waals surface area contributed by atoms with Crippen LogP contribution in [0.1, 0.15) is 11.5 Å². The van der Waals surface area contributed by atoms with E-state index in [1.165, 1.54) is 0 Å². The van der Waals surface area contributed by atoms with Crippen molar-refractivity contribution in [1.82, 2.24) is 15.5 Å². The lowest BCUT2D eigenvalue weighted by Gasteiger charge is -1.99. The van der Waals surface area contributed by atoms with Gasteiger partial charge in [0.2, 0.25) is 11.8 Å². The number of likely N-dealkylation sites (N-methyl/N-ethyl adjacent to an activating group) is 1. The maximum absolute atomic E-state index is 6.14. The summed E-state index contributed by atoms with van der Waals surface area (Å²) in [6, 6.07) is 5.75. The average molecular weight is 252 g/mol. The van der Waals surface area contributed by atoms with Crippen LogP contribution in [0, 0.1) is 6.92 Å². The molecule has 1 N–H and O–H groups in total. The number of aromatic nitrogens is 2. The number of hydrogen-bond acceptors (Lipinski definition) is 4. The molecule has 5 heteroatoms. The topological polar surface area (TPSA) is 51.0 Å². The van der Waals surface area contributed by atoms with Gasteiger partial charge in [-0.2, -0.15) is 0 Å². The van der Waals surface area contributed by atoms with E-state index in [2.05, 4.69) is 15.5 Å². The highest BCUT2D eigenvalue weighted by molar-refractivity contribution is 6.33. The van der Waals surface area contributed by atoms with E-state index in [9.17, 15) is 0 Å². The van der Waals surface area contributed by atoms with Crippen LogP contribution in [0.25, 0.3) is 11.5 Å². The van der Waals surface area contributed by atoms with E-state index < -0.39 is 0 Å². The molecule has 2 aromatic rings. The zero-order valence-electron chi connectivity index (χ0n) is 9.83. The van der Waals surface area contributed by atoms with Crippen molar-refractivity contribution in [3.05, 3.63) is 34.7 Å². The fourth-order valence-electron chi connectivity index (χ4n) is 1.49. The maximum atomic E-state index is 6.14. The Balaban J connectivity index is 2.24. The van der Waals surface area contributed by atoms with Gasteiger partial charge in [0.05, 0.1) is 10.6 Å². The Bertz CT molecular complexity index is 510. The van der Waals surface area contributed by atoms with Crippen LogP contribution in [0.15, 0.2) is 22.6 Å². The molecule has 0 amide bonds. The van der Waals surface area contributed by atoms with E-state index in [-0.39, 0.29) is 0 Å². The Hall–Kier alpha value is -1.39. The smallest absolute Gasteiger partial charge is 0.249 e. The van der Waals surface area contributed by atoms with Crippen LogP contribution in [0.4, 0.5) is 0 Å². The molecule has 2 rings (SSSR count). The third kappa shape index (κ3) is 2.84. The van der Waals surface area contributed by atoms with Gasteiger partial charge in [-0.15, -0.1) is 10.2 Å². The molecular weight excluding hydrogens is 238 g/mol. The summed E-state index contributed by atoms with van der Waals surface area (Å²) in [4.78, 5) is 0. The SMILES string of the molecule is CNCCc1nnc(-c2ccc(C)cc2Cl)o1. The number of benzene rings is 1. The second-order valence-electron chi connectivity index (χ2n) is 3.84. The van der Waals surface area contributed by atoms with Crippen molar-refractivity contribution >= 4 is 11.6 Å². The van der Waals surface area contributed by atoms with E-state index in [0.717, 1.165) is 17.7 Å². The minimum atomic E-state index is 0.473. The summed E-state index contributed by atoms with van der Waals surface area (Å²) in [5.74, 6) is 1.09. The van der Waals surface area contributed by atoms with Crippen molar-refractivity contribution in [2.24, 2.45) is 0 Å². The monoisotopic (exact) mass is 251 g/mol. The first-order valence-electron chi connectivity index (χ1n) is 5.44. The molecule has 17 heavy (non-hydrogen) atoms. The van der Waals surface area contributed by atoms with Crippen LogP contribution in [-0.4, -0.2) is 23.8 Å². The van der Waals surface area contributed by atoms with Crippen molar-refractivity contribution in [3.63, 3.8) is 0 Å². The molecule has 4 nitrogen and oxygen atoms in total. The summed E-state index contributed by atoms with van der Waals surface area (Å²) >= 11 is 6.14. The van der Waals surface area contributed by atoms with Gasteiger partial charge in [0, 0.05) is 13.0 Å². The fourth-order valence-corrected chi connectivity index (χ4v) is 1.80. The molecule has 0 aliphatic heterocycles. The highest BCUT2D eigenvalue weighted by Gasteiger charge is 2.11. The molecular formula is C12H14ClN3O. The third-order valence-electron chi connectivity index (χ3n) is 2.41. The van der Waals surface area contributed by atoms with E-state index in [4.69, 9.17) is 16.0 Å². The molecule has 1 heterocycles. The molecule has 90 valence electrons. The van der Waals surface area contributed by atoms with Gasteiger partial charge < -0.3 is 9.73 Å². The van der Waals surface area contributed by atoms with E-state index in [0.29, 0.717) is 23.2 Å². The molecule has 0 saturated carbocycles. The number of hydrogen-bond donors (Lipinski definition) is 1. The molecule has 0 atom stereocenters. The Morgan fingerprint density at radius 3 is 2.88 bits per heavy atom. The molecule has 0 bridgehead atoms. The fraction of sp³-hybridized carbons (Fsp3) is 0.333. The predicted octanol–water partition coefficient (Wildman–Crippen LogP) is 2.46. The zero-order chi connectivity index (χ0) is 12.3. The van der Waals surface area contributed by atoms with Crippen LogP contribution in [0.5, 0.6) is 0 Å². The van der Waals surface area contributed by atoms with E-state index in [1.807, 2.05) is 32.2 Å². The van der Waals surface area contributed by atoms with Crippen LogP contribution >= 0.6 is 11.6 Å². The van der Waals surface area contributed by atoms with Gasteiger partial charge in [-0.05, 0) is 31.7 Å². The van der Waals surface area contributed by atoms with E-state index >= 15 is 0 Å². The summed E-state index contributed by atoms with van der Waals surface area (Å²) in [5, 5.41) is 11.6. The molecule has 1 aromatic carbocycles.